The summed E-state index contributed by atoms with van der Waals surface area (Å²) in [6.45, 7) is 2.59. The fraction of sp³-hybridized carbons (Fsp3) is 0.800. The van der Waals surface area contributed by atoms with Crippen LogP contribution < -0.4 is 10.6 Å². The number of amides is 1. The Morgan fingerprint density at radius 2 is 2.13 bits per heavy atom. The van der Waals surface area contributed by atoms with Gasteiger partial charge in [-0.15, -0.1) is 0 Å². The number of hydrogen-bond donors (Lipinski definition) is 3. The summed E-state index contributed by atoms with van der Waals surface area (Å²) in [7, 11) is 0. The standard InChI is InChI=1S/C10H18N2O3/c1-7(10(14)15)6-11-5-4-9(13)12-8-2-3-8/h7-8,11H,2-6H2,1H3,(H,12,13)(H,14,15). The maximum atomic E-state index is 11.2. The molecule has 15 heavy (non-hydrogen) atoms. The van der Waals surface area contributed by atoms with E-state index in [2.05, 4.69) is 10.6 Å². The zero-order valence-electron chi connectivity index (χ0n) is 8.95. The number of carboxylic acid groups (broad SMARTS) is 1. The first-order valence-corrected chi connectivity index (χ1v) is 5.32. The fourth-order valence-corrected chi connectivity index (χ4v) is 1.14. The van der Waals surface area contributed by atoms with E-state index < -0.39 is 11.9 Å². The lowest BCUT2D eigenvalue weighted by Crippen LogP contribution is -2.32. The van der Waals surface area contributed by atoms with Crippen molar-refractivity contribution < 1.29 is 14.7 Å². The molecule has 1 aliphatic rings. The normalized spacial score (nSPS) is 17.1. The lowest BCUT2D eigenvalue weighted by atomic mass is 10.2. The van der Waals surface area contributed by atoms with Crippen molar-refractivity contribution in [3.05, 3.63) is 0 Å². The highest BCUT2D eigenvalue weighted by molar-refractivity contribution is 5.76. The third kappa shape index (κ3) is 5.37. The Labute approximate surface area is 89.2 Å². The highest BCUT2D eigenvalue weighted by atomic mass is 16.4. The van der Waals surface area contributed by atoms with Crippen molar-refractivity contribution in [2.75, 3.05) is 13.1 Å². The number of carboxylic acids is 1. The van der Waals surface area contributed by atoms with E-state index in [1.165, 1.54) is 0 Å². The summed E-state index contributed by atoms with van der Waals surface area (Å²) in [6.07, 6.45) is 2.60. The topological polar surface area (TPSA) is 78.4 Å². The molecule has 5 nitrogen and oxygen atoms in total. The molecule has 1 aliphatic carbocycles. The van der Waals surface area contributed by atoms with Crippen LogP contribution in [0.4, 0.5) is 0 Å². The second-order valence-electron chi connectivity index (χ2n) is 4.04. The lowest BCUT2D eigenvalue weighted by Gasteiger charge is -2.08. The number of nitrogens with one attached hydrogen (secondary N) is 2. The van der Waals surface area contributed by atoms with Crippen LogP contribution in [0.5, 0.6) is 0 Å². The number of carbonyl (C=O) groups excluding carboxylic acids is 1. The SMILES string of the molecule is CC(CNCCC(=O)NC1CC1)C(=O)O. The van der Waals surface area contributed by atoms with Crippen LogP contribution in [0.3, 0.4) is 0 Å². The van der Waals surface area contributed by atoms with Crippen molar-refractivity contribution in [3.63, 3.8) is 0 Å². The fourth-order valence-electron chi connectivity index (χ4n) is 1.14. The van der Waals surface area contributed by atoms with E-state index in [0.717, 1.165) is 12.8 Å². The molecule has 5 heteroatoms. The Bertz CT molecular complexity index is 239. The molecule has 1 saturated carbocycles. The van der Waals surface area contributed by atoms with Crippen LogP contribution in [-0.4, -0.2) is 36.1 Å². The average molecular weight is 214 g/mol. The molecule has 0 saturated heterocycles. The smallest absolute Gasteiger partial charge is 0.307 e. The van der Waals surface area contributed by atoms with Crippen molar-refractivity contribution in [2.45, 2.75) is 32.2 Å². The van der Waals surface area contributed by atoms with E-state index in [0.29, 0.717) is 25.6 Å². The van der Waals surface area contributed by atoms with Crippen LogP contribution in [0, 0.1) is 5.92 Å². The van der Waals surface area contributed by atoms with Gasteiger partial charge in [0, 0.05) is 25.6 Å². The molecule has 1 unspecified atom stereocenters. The van der Waals surface area contributed by atoms with Crippen LogP contribution >= 0.6 is 0 Å². The minimum absolute atomic E-state index is 0.0491. The van der Waals surface area contributed by atoms with Gasteiger partial charge in [-0.25, -0.2) is 0 Å². The first-order chi connectivity index (χ1) is 7.09. The molecule has 1 fully saturated rings. The van der Waals surface area contributed by atoms with Gasteiger partial charge in [-0.1, -0.05) is 6.92 Å². The molecule has 0 aromatic carbocycles. The number of carbonyl (C=O) groups is 2. The van der Waals surface area contributed by atoms with Crippen molar-refractivity contribution in [2.24, 2.45) is 5.92 Å². The van der Waals surface area contributed by atoms with Crippen LogP contribution in [-0.2, 0) is 9.59 Å². The molecule has 0 aliphatic heterocycles. The van der Waals surface area contributed by atoms with Crippen LogP contribution in [0.15, 0.2) is 0 Å². The zero-order valence-corrected chi connectivity index (χ0v) is 8.95. The van der Waals surface area contributed by atoms with Gasteiger partial charge in [-0.3, -0.25) is 9.59 Å². The quantitative estimate of drug-likeness (QED) is 0.520. The molecule has 1 rings (SSSR count). The van der Waals surface area contributed by atoms with Gasteiger partial charge in [0.05, 0.1) is 5.92 Å². The van der Waals surface area contributed by atoms with Crippen LogP contribution in [0.1, 0.15) is 26.2 Å². The van der Waals surface area contributed by atoms with E-state index in [-0.39, 0.29) is 5.91 Å². The number of aliphatic carboxylic acids is 1. The first-order valence-electron chi connectivity index (χ1n) is 5.32. The van der Waals surface area contributed by atoms with Gasteiger partial charge in [-0.05, 0) is 12.8 Å². The van der Waals surface area contributed by atoms with Crippen molar-refractivity contribution >= 4 is 11.9 Å². The maximum absolute atomic E-state index is 11.2. The molecule has 0 radical (unpaired) electrons. The minimum Gasteiger partial charge on any atom is -0.481 e. The highest BCUT2D eigenvalue weighted by Gasteiger charge is 2.22. The van der Waals surface area contributed by atoms with E-state index in [1.807, 2.05) is 0 Å². The van der Waals surface area contributed by atoms with Gasteiger partial charge in [0.15, 0.2) is 0 Å². The van der Waals surface area contributed by atoms with Gasteiger partial charge in [0.25, 0.3) is 0 Å². The highest BCUT2D eigenvalue weighted by Crippen LogP contribution is 2.18. The molecule has 0 aromatic heterocycles. The summed E-state index contributed by atoms with van der Waals surface area (Å²) in [5.41, 5.74) is 0. The zero-order chi connectivity index (χ0) is 11.3. The van der Waals surface area contributed by atoms with Crippen LogP contribution in [0.2, 0.25) is 0 Å². The monoisotopic (exact) mass is 214 g/mol. The molecule has 0 bridgehead atoms. The van der Waals surface area contributed by atoms with E-state index in [4.69, 9.17) is 5.11 Å². The van der Waals surface area contributed by atoms with Crippen molar-refractivity contribution in [1.82, 2.24) is 10.6 Å². The Hall–Kier alpha value is -1.10. The second kappa shape index (κ2) is 5.70. The van der Waals surface area contributed by atoms with E-state index in [9.17, 15) is 9.59 Å². The number of rotatable bonds is 7. The lowest BCUT2D eigenvalue weighted by molar-refractivity contribution is -0.140. The molecule has 0 heterocycles. The van der Waals surface area contributed by atoms with Gasteiger partial charge >= 0.3 is 5.97 Å². The summed E-state index contributed by atoms with van der Waals surface area (Å²) < 4.78 is 0. The molecule has 0 spiro atoms. The predicted molar refractivity (Wildman–Crippen MR) is 55.5 cm³/mol. The summed E-state index contributed by atoms with van der Waals surface area (Å²) in [5.74, 6) is -1.17. The third-order valence-corrected chi connectivity index (χ3v) is 2.34. The van der Waals surface area contributed by atoms with E-state index >= 15 is 0 Å². The average Bonchev–Trinajstić information content (AvgIpc) is 2.95. The second-order valence-corrected chi connectivity index (χ2v) is 4.04. The van der Waals surface area contributed by atoms with Gasteiger partial charge in [0.1, 0.15) is 0 Å². The Kier molecular flexibility index (Phi) is 4.55. The minimum atomic E-state index is -0.815. The summed E-state index contributed by atoms with van der Waals surface area (Å²) in [5, 5.41) is 14.4. The van der Waals surface area contributed by atoms with E-state index in [1.54, 1.807) is 6.92 Å². The molecular formula is C10H18N2O3. The predicted octanol–water partition coefficient (Wildman–Crippen LogP) is -0.0346. The summed E-state index contributed by atoms with van der Waals surface area (Å²) >= 11 is 0. The molecule has 1 atom stereocenters. The molecule has 86 valence electrons. The largest absolute Gasteiger partial charge is 0.481 e. The van der Waals surface area contributed by atoms with Gasteiger partial charge in [0.2, 0.25) is 5.91 Å². The maximum Gasteiger partial charge on any atom is 0.307 e. The van der Waals surface area contributed by atoms with Crippen LogP contribution in [0.25, 0.3) is 0 Å². The van der Waals surface area contributed by atoms with Gasteiger partial charge < -0.3 is 15.7 Å². The van der Waals surface area contributed by atoms with Gasteiger partial charge in [-0.2, -0.15) is 0 Å². The Balaban J connectivity index is 1.95. The Morgan fingerprint density at radius 1 is 1.47 bits per heavy atom. The van der Waals surface area contributed by atoms with Crippen molar-refractivity contribution in [3.8, 4) is 0 Å². The third-order valence-electron chi connectivity index (χ3n) is 2.34. The molecule has 0 aromatic rings. The Morgan fingerprint density at radius 3 is 2.67 bits per heavy atom. The summed E-state index contributed by atoms with van der Waals surface area (Å²) in [6, 6.07) is 0.399. The number of hydrogen-bond acceptors (Lipinski definition) is 3. The molecule has 1 amide bonds. The summed E-state index contributed by atoms with van der Waals surface area (Å²) in [4.78, 5) is 21.7. The first kappa shape index (κ1) is 12.0. The molecule has 3 N–H and O–H groups in total. The molecular weight excluding hydrogens is 196 g/mol. The van der Waals surface area contributed by atoms with Crippen molar-refractivity contribution in [1.29, 1.82) is 0 Å².